The lowest BCUT2D eigenvalue weighted by atomic mass is 10.1. The van der Waals surface area contributed by atoms with Crippen LogP contribution in [0.25, 0.3) is 0 Å². The van der Waals surface area contributed by atoms with Gasteiger partial charge in [0.25, 0.3) is 6.43 Å². The maximum absolute atomic E-state index is 12.5. The minimum absolute atomic E-state index is 0.0586. The maximum atomic E-state index is 12.5. The van der Waals surface area contributed by atoms with Gasteiger partial charge in [-0.2, -0.15) is 0 Å². The van der Waals surface area contributed by atoms with E-state index in [9.17, 15) is 8.78 Å². The smallest absolute Gasteiger partial charge is 0.264 e. The normalized spacial score (nSPS) is 16.2. The Morgan fingerprint density at radius 3 is 2.50 bits per heavy atom. The lowest BCUT2D eigenvalue weighted by Gasteiger charge is -2.15. The van der Waals surface area contributed by atoms with E-state index in [-0.39, 0.29) is 5.56 Å². The second kappa shape index (κ2) is 5.06. The Bertz CT molecular complexity index is 396. The molecule has 0 saturated carbocycles. The molecule has 86 valence electrons. The van der Waals surface area contributed by atoms with Crippen LogP contribution in [-0.4, -0.2) is 18.0 Å². The molecule has 1 aromatic carbocycles. The minimum Gasteiger partial charge on any atom is -0.292 e. The SMILES string of the molecule is FC(F)c1ccc(CN2CC=CC2)cc1Br. The molecule has 0 aromatic heterocycles. The molecule has 0 spiro atoms. The fraction of sp³-hybridized carbons (Fsp3) is 0.333. The lowest BCUT2D eigenvalue weighted by molar-refractivity contribution is 0.150. The summed E-state index contributed by atoms with van der Waals surface area (Å²) < 4.78 is 25.5. The molecule has 1 aliphatic heterocycles. The molecule has 0 aliphatic carbocycles. The van der Waals surface area contributed by atoms with Crippen molar-refractivity contribution < 1.29 is 8.78 Å². The van der Waals surface area contributed by atoms with Gasteiger partial charge in [-0.25, -0.2) is 8.78 Å². The molecule has 1 aromatic rings. The van der Waals surface area contributed by atoms with Crippen LogP contribution in [0.2, 0.25) is 0 Å². The monoisotopic (exact) mass is 287 g/mol. The van der Waals surface area contributed by atoms with Crippen molar-refractivity contribution >= 4 is 15.9 Å². The highest BCUT2D eigenvalue weighted by Gasteiger charge is 2.13. The van der Waals surface area contributed by atoms with Crippen molar-refractivity contribution in [3.8, 4) is 0 Å². The third kappa shape index (κ3) is 2.68. The fourth-order valence-corrected chi connectivity index (χ4v) is 2.35. The van der Waals surface area contributed by atoms with E-state index in [1.165, 1.54) is 6.07 Å². The largest absolute Gasteiger partial charge is 0.292 e. The van der Waals surface area contributed by atoms with Crippen molar-refractivity contribution in [2.24, 2.45) is 0 Å². The summed E-state index contributed by atoms with van der Waals surface area (Å²) in [7, 11) is 0. The highest BCUT2D eigenvalue weighted by atomic mass is 79.9. The molecule has 0 atom stereocenters. The van der Waals surface area contributed by atoms with Crippen molar-refractivity contribution in [3.63, 3.8) is 0 Å². The number of rotatable bonds is 3. The van der Waals surface area contributed by atoms with Crippen molar-refractivity contribution in [2.45, 2.75) is 13.0 Å². The van der Waals surface area contributed by atoms with Gasteiger partial charge in [-0.3, -0.25) is 4.90 Å². The standard InChI is InChI=1S/C12H12BrF2N/c13-11-7-9(3-4-10(11)12(14)15)8-16-5-1-2-6-16/h1-4,7,12H,5-6,8H2. The average Bonchev–Trinajstić information content (AvgIpc) is 2.70. The number of hydrogen-bond acceptors (Lipinski definition) is 1. The molecule has 0 unspecified atom stereocenters. The summed E-state index contributed by atoms with van der Waals surface area (Å²) in [5.41, 5.74) is 1.11. The number of nitrogens with zero attached hydrogens (tertiary/aromatic N) is 1. The van der Waals surface area contributed by atoms with Gasteiger partial charge in [0.05, 0.1) is 0 Å². The van der Waals surface area contributed by atoms with Crippen LogP contribution >= 0.6 is 15.9 Å². The topological polar surface area (TPSA) is 3.24 Å². The first-order chi connectivity index (χ1) is 7.66. The van der Waals surface area contributed by atoms with E-state index in [2.05, 4.69) is 33.0 Å². The number of hydrogen-bond donors (Lipinski definition) is 0. The molecule has 2 rings (SSSR count). The Balaban J connectivity index is 2.08. The van der Waals surface area contributed by atoms with E-state index < -0.39 is 6.43 Å². The summed E-state index contributed by atoms with van der Waals surface area (Å²) in [6.45, 7) is 2.68. The summed E-state index contributed by atoms with van der Waals surface area (Å²) in [4.78, 5) is 2.24. The van der Waals surface area contributed by atoms with Gasteiger partial charge in [0.15, 0.2) is 0 Å². The van der Waals surface area contributed by atoms with Crippen molar-refractivity contribution in [2.75, 3.05) is 13.1 Å². The van der Waals surface area contributed by atoms with Crippen LogP contribution in [0.5, 0.6) is 0 Å². The number of halogens is 3. The van der Waals surface area contributed by atoms with Gasteiger partial charge in [0, 0.05) is 29.7 Å². The van der Waals surface area contributed by atoms with Crippen LogP contribution in [0.1, 0.15) is 17.6 Å². The summed E-state index contributed by atoms with van der Waals surface area (Å²) in [5.74, 6) is 0. The molecule has 0 fully saturated rings. The second-order valence-corrected chi connectivity index (χ2v) is 4.68. The third-order valence-corrected chi connectivity index (χ3v) is 3.29. The van der Waals surface area contributed by atoms with E-state index in [0.717, 1.165) is 25.2 Å². The summed E-state index contributed by atoms with van der Waals surface area (Å²) >= 11 is 3.18. The first kappa shape index (κ1) is 11.7. The molecule has 0 N–H and O–H groups in total. The quantitative estimate of drug-likeness (QED) is 0.765. The van der Waals surface area contributed by atoms with E-state index in [4.69, 9.17) is 0 Å². The van der Waals surface area contributed by atoms with Crippen LogP contribution in [0.4, 0.5) is 8.78 Å². The molecule has 4 heteroatoms. The predicted octanol–water partition coefficient (Wildman–Crippen LogP) is 3.76. The average molecular weight is 288 g/mol. The molecule has 0 amide bonds. The molecule has 0 bridgehead atoms. The van der Waals surface area contributed by atoms with Gasteiger partial charge in [-0.05, 0) is 11.6 Å². The van der Waals surface area contributed by atoms with Crippen molar-refractivity contribution in [1.29, 1.82) is 0 Å². The molecule has 1 heterocycles. The highest BCUT2D eigenvalue weighted by Crippen LogP contribution is 2.28. The van der Waals surface area contributed by atoms with E-state index >= 15 is 0 Å². The summed E-state index contributed by atoms with van der Waals surface area (Å²) in [6, 6.07) is 5.04. The molecular formula is C12H12BrF2N. The van der Waals surface area contributed by atoms with Crippen LogP contribution in [0, 0.1) is 0 Å². The fourth-order valence-electron chi connectivity index (χ4n) is 1.76. The van der Waals surface area contributed by atoms with Crippen molar-refractivity contribution in [1.82, 2.24) is 4.90 Å². The second-order valence-electron chi connectivity index (χ2n) is 3.82. The first-order valence-corrected chi connectivity index (χ1v) is 5.90. The van der Waals surface area contributed by atoms with E-state index in [1.807, 2.05) is 0 Å². The van der Waals surface area contributed by atoms with Gasteiger partial charge in [0.1, 0.15) is 0 Å². The minimum atomic E-state index is -2.42. The van der Waals surface area contributed by atoms with Gasteiger partial charge in [-0.1, -0.05) is 40.2 Å². The Kier molecular flexibility index (Phi) is 3.71. The van der Waals surface area contributed by atoms with E-state index in [0.29, 0.717) is 4.47 Å². The first-order valence-electron chi connectivity index (χ1n) is 5.10. The Morgan fingerprint density at radius 1 is 1.25 bits per heavy atom. The number of benzene rings is 1. The van der Waals surface area contributed by atoms with Crippen molar-refractivity contribution in [3.05, 3.63) is 46.0 Å². The molecule has 1 aliphatic rings. The molecular weight excluding hydrogens is 276 g/mol. The zero-order chi connectivity index (χ0) is 11.5. The van der Waals surface area contributed by atoms with Gasteiger partial charge in [-0.15, -0.1) is 0 Å². The summed E-state index contributed by atoms with van der Waals surface area (Å²) in [5, 5.41) is 0. The van der Waals surface area contributed by atoms with Crippen LogP contribution in [-0.2, 0) is 6.54 Å². The third-order valence-electron chi connectivity index (χ3n) is 2.60. The molecule has 0 saturated heterocycles. The van der Waals surface area contributed by atoms with Crippen LogP contribution in [0.15, 0.2) is 34.8 Å². The van der Waals surface area contributed by atoms with Gasteiger partial charge < -0.3 is 0 Å². The van der Waals surface area contributed by atoms with E-state index in [1.54, 1.807) is 12.1 Å². The van der Waals surface area contributed by atoms with Gasteiger partial charge in [0.2, 0.25) is 0 Å². The Labute approximate surface area is 102 Å². The maximum Gasteiger partial charge on any atom is 0.264 e. The molecule has 1 nitrogen and oxygen atoms in total. The Morgan fingerprint density at radius 2 is 1.94 bits per heavy atom. The highest BCUT2D eigenvalue weighted by molar-refractivity contribution is 9.10. The summed E-state index contributed by atoms with van der Waals surface area (Å²) in [6.07, 6.45) is 1.81. The molecule has 0 radical (unpaired) electrons. The van der Waals surface area contributed by atoms with Crippen LogP contribution in [0.3, 0.4) is 0 Å². The predicted molar refractivity (Wildman–Crippen MR) is 63.5 cm³/mol. The lowest BCUT2D eigenvalue weighted by Crippen LogP contribution is -2.19. The number of alkyl halides is 2. The zero-order valence-electron chi connectivity index (χ0n) is 8.67. The molecule has 16 heavy (non-hydrogen) atoms. The Hall–Kier alpha value is -0.740. The van der Waals surface area contributed by atoms with Gasteiger partial charge >= 0.3 is 0 Å². The van der Waals surface area contributed by atoms with Crippen LogP contribution < -0.4 is 0 Å². The zero-order valence-corrected chi connectivity index (χ0v) is 10.3.